The molecule has 88 valence electrons. The zero-order chi connectivity index (χ0) is 12.1. The van der Waals surface area contributed by atoms with Gasteiger partial charge in [-0.1, -0.05) is 6.07 Å². The Morgan fingerprint density at radius 1 is 1.62 bits per heavy atom. The third-order valence-corrected chi connectivity index (χ3v) is 3.13. The number of carbonyl (C=O) groups is 2. The van der Waals surface area contributed by atoms with Gasteiger partial charge in [0.2, 0.25) is 5.91 Å². The van der Waals surface area contributed by atoms with Crippen molar-refractivity contribution >= 4 is 34.8 Å². The lowest BCUT2D eigenvalue weighted by Gasteiger charge is -2.16. The summed E-state index contributed by atoms with van der Waals surface area (Å²) in [5.74, 6) is -1.32. The minimum absolute atomic E-state index is 0.143. The molecular formula is C10H12ClNO3S. The van der Waals surface area contributed by atoms with E-state index in [9.17, 15) is 9.59 Å². The van der Waals surface area contributed by atoms with Crippen LogP contribution in [-0.2, 0) is 9.59 Å². The van der Waals surface area contributed by atoms with Crippen molar-refractivity contribution in [2.45, 2.75) is 24.8 Å². The Hall–Kier alpha value is -1.07. The summed E-state index contributed by atoms with van der Waals surface area (Å²) in [7, 11) is 0. The van der Waals surface area contributed by atoms with Crippen molar-refractivity contribution in [1.82, 2.24) is 5.32 Å². The van der Waals surface area contributed by atoms with Crippen molar-refractivity contribution in [2.24, 2.45) is 0 Å². The van der Waals surface area contributed by atoms with E-state index in [0.29, 0.717) is 0 Å². The fourth-order valence-corrected chi connectivity index (χ4v) is 2.01. The van der Waals surface area contributed by atoms with Gasteiger partial charge in [0.15, 0.2) is 0 Å². The van der Waals surface area contributed by atoms with E-state index in [0.717, 1.165) is 4.88 Å². The molecule has 0 aliphatic heterocycles. The fraction of sp³-hybridized carbons (Fsp3) is 0.400. The van der Waals surface area contributed by atoms with Crippen molar-refractivity contribution in [3.8, 4) is 0 Å². The molecule has 1 aromatic rings. The number of alkyl halides is 1. The molecule has 0 bridgehead atoms. The van der Waals surface area contributed by atoms with Crippen molar-refractivity contribution < 1.29 is 14.7 Å². The second-order valence-electron chi connectivity index (χ2n) is 3.29. The lowest BCUT2D eigenvalue weighted by Crippen LogP contribution is -2.34. The van der Waals surface area contributed by atoms with Gasteiger partial charge in [0.1, 0.15) is 5.38 Å². The maximum Gasteiger partial charge on any atom is 0.305 e. The van der Waals surface area contributed by atoms with Crippen LogP contribution < -0.4 is 5.32 Å². The Kier molecular flexibility index (Phi) is 4.76. The van der Waals surface area contributed by atoms with Crippen molar-refractivity contribution in [3.63, 3.8) is 0 Å². The smallest absolute Gasteiger partial charge is 0.305 e. The third-order valence-electron chi connectivity index (χ3n) is 1.94. The van der Waals surface area contributed by atoms with Crippen LogP contribution in [0.1, 0.15) is 24.3 Å². The highest BCUT2D eigenvalue weighted by atomic mass is 35.5. The number of amides is 1. The second kappa shape index (κ2) is 5.86. The van der Waals surface area contributed by atoms with Crippen LogP contribution in [0.2, 0.25) is 0 Å². The van der Waals surface area contributed by atoms with Gasteiger partial charge in [-0.25, -0.2) is 0 Å². The lowest BCUT2D eigenvalue weighted by molar-refractivity contribution is -0.137. The molecule has 1 rings (SSSR count). The zero-order valence-electron chi connectivity index (χ0n) is 8.64. The summed E-state index contributed by atoms with van der Waals surface area (Å²) in [6.07, 6.45) is -0.143. The minimum atomic E-state index is -0.957. The molecule has 0 aliphatic rings. The van der Waals surface area contributed by atoms with Crippen LogP contribution in [-0.4, -0.2) is 22.4 Å². The maximum atomic E-state index is 11.4. The van der Waals surface area contributed by atoms with Gasteiger partial charge in [0.05, 0.1) is 12.5 Å². The summed E-state index contributed by atoms with van der Waals surface area (Å²) in [6, 6.07) is 3.09. The first-order valence-electron chi connectivity index (χ1n) is 4.70. The number of hydrogen-bond acceptors (Lipinski definition) is 3. The standard InChI is InChI=1S/C10H12ClNO3S/c1-6(11)10(15)12-7(5-9(13)14)8-3-2-4-16-8/h2-4,6-7H,5H2,1H3,(H,12,15)(H,13,14). The van der Waals surface area contributed by atoms with E-state index < -0.39 is 17.4 Å². The van der Waals surface area contributed by atoms with Crippen molar-refractivity contribution in [1.29, 1.82) is 0 Å². The van der Waals surface area contributed by atoms with Crippen LogP contribution in [0.25, 0.3) is 0 Å². The number of rotatable bonds is 5. The summed E-state index contributed by atoms with van der Waals surface area (Å²) in [4.78, 5) is 22.9. The molecule has 1 heterocycles. The Labute approximate surface area is 102 Å². The molecule has 0 aliphatic carbocycles. The molecule has 0 radical (unpaired) electrons. The number of aliphatic carboxylic acids is 1. The van der Waals surface area contributed by atoms with E-state index in [-0.39, 0.29) is 12.3 Å². The number of thiophene rings is 1. The first-order chi connectivity index (χ1) is 7.50. The predicted octanol–water partition coefficient (Wildman–Crippen LogP) is 2.01. The molecule has 2 atom stereocenters. The summed E-state index contributed by atoms with van der Waals surface area (Å²) >= 11 is 7.02. The van der Waals surface area contributed by atoms with Crippen LogP contribution in [0.5, 0.6) is 0 Å². The molecule has 1 amide bonds. The van der Waals surface area contributed by atoms with Gasteiger partial charge in [0, 0.05) is 4.88 Å². The highest BCUT2D eigenvalue weighted by Crippen LogP contribution is 2.22. The molecule has 6 heteroatoms. The van der Waals surface area contributed by atoms with Crippen LogP contribution in [0.4, 0.5) is 0 Å². The molecule has 0 spiro atoms. The van der Waals surface area contributed by atoms with Crippen molar-refractivity contribution in [3.05, 3.63) is 22.4 Å². The summed E-state index contributed by atoms with van der Waals surface area (Å²) in [5.41, 5.74) is 0. The van der Waals surface area contributed by atoms with Crippen LogP contribution in [0.3, 0.4) is 0 Å². The largest absolute Gasteiger partial charge is 0.481 e. The molecule has 4 nitrogen and oxygen atoms in total. The summed E-state index contributed by atoms with van der Waals surface area (Å²) < 4.78 is 0. The average Bonchev–Trinajstić information content (AvgIpc) is 2.68. The fourth-order valence-electron chi connectivity index (χ4n) is 1.17. The number of hydrogen-bond donors (Lipinski definition) is 2. The third kappa shape index (κ3) is 3.83. The van der Waals surface area contributed by atoms with E-state index in [2.05, 4.69) is 5.32 Å². The highest BCUT2D eigenvalue weighted by molar-refractivity contribution is 7.10. The van der Waals surface area contributed by atoms with E-state index in [4.69, 9.17) is 16.7 Å². The van der Waals surface area contributed by atoms with Crippen LogP contribution in [0, 0.1) is 0 Å². The van der Waals surface area contributed by atoms with Gasteiger partial charge in [-0.15, -0.1) is 22.9 Å². The van der Waals surface area contributed by atoms with Gasteiger partial charge in [0.25, 0.3) is 0 Å². The molecule has 0 saturated carbocycles. The summed E-state index contributed by atoms with van der Waals surface area (Å²) in [6.45, 7) is 1.54. The van der Waals surface area contributed by atoms with Gasteiger partial charge >= 0.3 is 5.97 Å². The number of halogens is 1. The van der Waals surface area contributed by atoms with Gasteiger partial charge in [-0.2, -0.15) is 0 Å². The Morgan fingerprint density at radius 3 is 2.75 bits per heavy atom. The molecular weight excluding hydrogens is 250 g/mol. The first-order valence-corrected chi connectivity index (χ1v) is 6.02. The van der Waals surface area contributed by atoms with Crippen molar-refractivity contribution in [2.75, 3.05) is 0 Å². The molecule has 0 fully saturated rings. The Morgan fingerprint density at radius 2 is 2.31 bits per heavy atom. The van der Waals surface area contributed by atoms with Gasteiger partial charge < -0.3 is 10.4 Å². The maximum absolute atomic E-state index is 11.4. The quantitative estimate of drug-likeness (QED) is 0.797. The van der Waals surface area contributed by atoms with E-state index in [1.165, 1.54) is 11.3 Å². The Balaban J connectivity index is 2.72. The number of carboxylic acid groups (broad SMARTS) is 1. The molecule has 0 aromatic carbocycles. The van der Waals surface area contributed by atoms with Gasteiger partial charge in [-0.05, 0) is 18.4 Å². The Bertz CT molecular complexity index is 364. The second-order valence-corrected chi connectivity index (χ2v) is 4.92. The molecule has 2 N–H and O–H groups in total. The zero-order valence-corrected chi connectivity index (χ0v) is 10.2. The topological polar surface area (TPSA) is 66.4 Å². The molecule has 1 aromatic heterocycles. The number of carboxylic acids is 1. The molecule has 16 heavy (non-hydrogen) atoms. The number of carbonyl (C=O) groups excluding carboxylic acids is 1. The van der Waals surface area contributed by atoms with Crippen LogP contribution in [0.15, 0.2) is 17.5 Å². The van der Waals surface area contributed by atoms with Crippen LogP contribution >= 0.6 is 22.9 Å². The normalized spacial score (nSPS) is 14.1. The van der Waals surface area contributed by atoms with E-state index in [1.54, 1.807) is 13.0 Å². The molecule has 0 saturated heterocycles. The van der Waals surface area contributed by atoms with Gasteiger partial charge in [-0.3, -0.25) is 9.59 Å². The first kappa shape index (κ1) is 13.0. The SMILES string of the molecule is CC(Cl)C(=O)NC(CC(=O)O)c1cccs1. The van der Waals surface area contributed by atoms with E-state index in [1.807, 2.05) is 11.4 Å². The molecule has 2 unspecified atom stereocenters. The number of nitrogens with one attached hydrogen (secondary N) is 1. The lowest BCUT2D eigenvalue weighted by atomic mass is 10.1. The average molecular weight is 262 g/mol. The highest BCUT2D eigenvalue weighted by Gasteiger charge is 2.20. The predicted molar refractivity (Wildman–Crippen MR) is 62.8 cm³/mol. The van der Waals surface area contributed by atoms with E-state index >= 15 is 0 Å². The summed E-state index contributed by atoms with van der Waals surface area (Å²) in [5, 5.41) is 12.5. The minimum Gasteiger partial charge on any atom is -0.481 e. The monoisotopic (exact) mass is 261 g/mol.